The highest BCUT2D eigenvalue weighted by molar-refractivity contribution is 6.33. The zero-order chi connectivity index (χ0) is 23.6. The number of amidine groups is 1. The van der Waals surface area contributed by atoms with Crippen molar-refractivity contribution in [1.29, 1.82) is 5.41 Å². The first-order chi connectivity index (χ1) is 15.2. The number of aromatic nitrogens is 1. The van der Waals surface area contributed by atoms with Gasteiger partial charge in [0.15, 0.2) is 23.0 Å². The SMILES string of the molecule is CCOc1cc2c(nc1C(=O)NC)C(=N)N(CC(=O)c1cc(Cl)c(OC)c(N(C)C)c1)C2. The van der Waals surface area contributed by atoms with Crippen molar-refractivity contribution in [3.63, 3.8) is 0 Å². The quantitative estimate of drug-likeness (QED) is 0.584. The molecule has 2 heterocycles. The Hall–Kier alpha value is -3.33. The molecule has 3 rings (SSSR count). The summed E-state index contributed by atoms with van der Waals surface area (Å²) in [5.41, 5.74) is 2.30. The number of benzene rings is 1. The Morgan fingerprint density at radius 1 is 1.31 bits per heavy atom. The van der Waals surface area contributed by atoms with E-state index in [0.29, 0.717) is 46.6 Å². The first-order valence-corrected chi connectivity index (χ1v) is 10.4. The van der Waals surface area contributed by atoms with Crippen LogP contribution >= 0.6 is 11.6 Å². The minimum Gasteiger partial charge on any atom is -0.493 e. The number of pyridine rings is 1. The van der Waals surface area contributed by atoms with E-state index in [-0.39, 0.29) is 23.9 Å². The third-order valence-corrected chi connectivity index (χ3v) is 5.36. The van der Waals surface area contributed by atoms with E-state index in [0.717, 1.165) is 5.56 Å². The lowest BCUT2D eigenvalue weighted by atomic mass is 10.1. The predicted octanol–water partition coefficient (Wildman–Crippen LogP) is 2.59. The molecule has 1 aromatic heterocycles. The topological polar surface area (TPSA) is 108 Å². The molecule has 0 unspecified atom stereocenters. The van der Waals surface area contributed by atoms with Crippen molar-refractivity contribution in [2.75, 3.05) is 46.3 Å². The Bertz CT molecular complexity index is 1090. The molecule has 0 spiro atoms. The fraction of sp³-hybridized carbons (Fsp3) is 0.364. The van der Waals surface area contributed by atoms with Crippen molar-refractivity contribution in [2.45, 2.75) is 13.5 Å². The van der Waals surface area contributed by atoms with Gasteiger partial charge in [-0.15, -0.1) is 0 Å². The Labute approximate surface area is 191 Å². The Morgan fingerprint density at radius 2 is 2.03 bits per heavy atom. The number of Topliss-reactive ketones (excluding diaryl/α,β-unsaturated/α-hetero) is 1. The number of ether oxygens (including phenoxy) is 2. The number of carbonyl (C=O) groups excluding carboxylic acids is 2. The second kappa shape index (κ2) is 9.44. The molecule has 2 aromatic rings. The number of hydrogen-bond donors (Lipinski definition) is 2. The lowest BCUT2D eigenvalue weighted by Gasteiger charge is -2.20. The maximum atomic E-state index is 13.0. The largest absolute Gasteiger partial charge is 0.493 e. The van der Waals surface area contributed by atoms with Gasteiger partial charge >= 0.3 is 0 Å². The molecule has 1 aliphatic rings. The third-order valence-electron chi connectivity index (χ3n) is 5.08. The van der Waals surface area contributed by atoms with Gasteiger partial charge in [0.25, 0.3) is 5.91 Å². The van der Waals surface area contributed by atoms with Gasteiger partial charge < -0.3 is 24.6 Å². The van der Waals surface area contributed by atoms with Crippen molar-refractivity contribution >= 4 is 34.8 Å². The fourth-order valence-corrected chi connectivity index (χ4v) is 3.81. The molecule has 1 aromatic carbocycles. The lowest BCUT2D eigenvalue weighted by molar-refractivity contribution is 0.0949. The van der Waals surface area contributed by atoms with Crippen molar-refractivity contribution < 1.29 is 19.1 Å². The molecular formula is C22H26ClN5O4. The van der Waals surface area contributed by atoms with Crippen LogP contribution in [0.5, 0.6) is 11.5 Å². The van der Waals surface area contributed by atoms with Crippen LogP contribution < -0.4 is 19.7 Å². The van der Waals surface area contributed by atoms with Crippen LogP contribution in [0.3, 0.4) is 0 Å². The second-order valence-corrected chi connectivity index (χ2v) is 7.79. The van der Waals surface area contributed by atoms with E-state index in [1.165, 1.54) is 14.2 Å². The smallest absolute Gasteiger partial charge is 0.273 e. The van der Waals surface area contributed by atoms with Gasteiger partial charge in [-0.3, -0.25) is 15.0 Å². The number of nitrogens with one attached hydrogen (secondary N) is 2. The number of carbonyl (C=O) groups is 2. The molecule has 2 N–H and O–H groups in total. The van der Waals surface area contributed by atoms with Gasteiger partial charge in [0.1, 0.15) is 11.5 Å². The van der Waals surface area contributed by atoms with Crippen LogP contribution in [-0.4, -0.2) is 68.8 Å². The van der Waals surface area contributed by atoms with Crippen molar-refractivity contribution in [2.24, 2.45) is 0 Å². The highest BCUT2D eigenvalue weighted by Gasteiger charge is 2.31. The second-order valence-electron chi connectivity index (χ2n) is 7.39. The summed E-state index contributed by atoms with van der Waals surface area (Å²) in [5, 5.41) is 11.4. The molecule has 0 aliphatic carbocycles. The number of amides is 1. The predicted molar refractivity (Wildman–Crippen MR) is 123 cm³/mol. The molecule has 0 fully saturated rings. The molecule has 1 amide bonds. The van der Waals surface area contributed by atoms with Crippen molar-refractivity contribution in [3.8, 4) is 11.5 Å². The Morgan fingerprint density at radius 3 is 2.62 bits per heavy atom. The van der Waals surface area contributed by atoms with Crippen LogP contribution in [0.15, 0.2) is 18.2 Å². The van der Waals surface area contributed by atoms with E-state index >= 15 is 0 Å². The van der Waals surface area contributed by atoms with E-state index < -0.39 is 5.91 Å². The van der Waals surface area contributed by atoms with Gasteiger partial charge in [0.2, 0.25) is 0 Å². The first-order valence-electron chi connectivity index (χ1n) is 10.0. The molecule has 0 saturated heterocycles. The maximum absolute atomic E-state index is 13.0. The number of halogens is 1. The van der Waals surface area contributed by atoms with E-state index in [4.69, 9.17) is 26.5 Å². The maximum Gasteiger partial charge on any atom is 0.273 e. The van der Waals surface area contributed by atoms with E-state index in [1.54, 1.807) is 23.1 Å². The molecule has 1 aliphatic heterocycles. The summed E-state index contributed by atoms with van der Waals surface area (Å²) >= 11 is 6.33. The number of anilines is 1. The molecular weight excluding hydrogens is 434 g/mol. The Kier molecular flexibility index (Phi) is 6.88. The molecule has 170 valence electrons. The fourth-order valence-electron chi connectivity index (χ4n) is 3.51. The summed E-state index contributed by atoms with van der Waals surface area (Å²) < 4.78 is 10.9. The summed E-state index contributed by atoms with van der Waals surface area (Å²) in [6, 6.07) is 5.00. The number of fused-ring (bicyclic) bond motifs is 1. The van der Waals surface area contributed by atoms with Crippen LogP contribution in [0.4, 0.5) is 5.69 Å². The molecule has 0 radical (unpaired) electrons. The average molecular weight is 460 g/mol. The third kappa shape index (κ3) is 4.34. The number of rotatable bonds is 8. The minimum absolute atomic E-state index is 0.0377. The van der Waals surface area contributed by atoms with Gasteiger partial charge in [-0.1, -0.05) is 11.6 Å². The minimum atomic E-state index is -0.400. The summed E-state index contributed by atoms with van der Waals surface area (Å²) in [6.45, 7) is 2.46. The summed E-state index contributed by atoms with van der Waals surface area (Å²) in [4.78, 5) is 33.1. The molecule has 0 saturated carbocycles. The van der Waals surface area contributed by atoms with Crippen LogP contribution in [-0.2, 0) is 6.54 Å². The number of methoxy groups -OCH3 is 1. The van der Waals surface area contributed by atoms with Gasteiger partial charge in [0.05, 0.1) is 31.0 Å². The first kappa shape index (κ1) is 23.3. The average Bonchev–Trinajstić information content (AvgIpc) is 3.06. The van der Waals surface area contributed by atoms with Crippen LogP contribution in [0, 0.1) is 5.41 Å². The number of nitrogens with zero attached hydrogens (tertiary/aromatic N) is 3. The van der Waals surface area contributed by atoms with Crippen molar-refractivity contribution in [3.05, 3.63) is 45.7 Å². The summed E-state index contributed by atoms with van der Waals surface area (Å²) in [5.74, 6) is 0.316. The monoisotopic (exact) mass is 459 g/mol. The van der Waals surface area contributed by atoms with Gasteiger partial charge in [-0.05, 0) is 25.1 Å². The van der Waals surface area contributed by atoms with Crippen LogP contribution in [0.25, 0.3) is 0 Å². The summed E-state index contributed by atoms with van der Waals surface area (Å²) in [7, 11) is 6.70. The van der Waals surface area contributed by atoms with Gasteiger partial charge in [0, 0.05) is 38.8 Å². The van der Waals surface area contributed by atoms with E-state index in [9.17, 15) is 9.59 Å². The zero-order valence-electron chi connectivity index (χ0n) is 18.7. The number of hydrogen-bond acceptors (Lipinski definition) is 7. The molecule has 10 heteroatoms. The normalized spacial score (nSPS) is 12.4. The van der Waals surface area contributed by atoms with Gasteiger partial charge in [-0.2, -0.15) is 0 Å². The Balaban J connectivity index is 1.88. The molecule has 0 atom stereocenters. The molecule has 32 heavy (non-hydrogen) atoms. The molecule has 9 nitrogen and oxygen atoms in total. The number of ketones is 1. The van der Waals surface area contributed by atoms with Crippen LogP contribution in [0.1, 0.15) is 39.0 Å². The van der Waals surface area contributed by atoms with E-state index in [2.05, 4.69) is 10.3 Å². The van der Waals surface area contributed by atoms with Gasteiger partial charge in [-0.25, -0.2) is 4.98 Å². The highest BCUT2D eigenvalue weighted by Crippen LogP contribution is 2.36. The summed E-state index contributed by atoms with van der Waals surface area (Å²) in [6.07, 6.45) is 0. The molecule has 0 bridgehead atoms. The lowest BCUT2D eigenvalue weighted by Crippen LogP contribution is -2.30. The van der Waals surface area contributed by atoms with Crippen molar-refractivity contribution in [1.82, 2.24) is 15.2 Å². The zero-order valence-corrected chi connectivity index (χ0v) is 19.5. The standard InChI is InChI=1S/C22H26ClN5O4/c1-6-32-17-9-13-10-28(21(24)18(13)26-19(17)22(30)25-2)11-16(29)12-7-14(23)20(31-5)15(8-12)27(3)4/h7-9,24H,6,10-11H2,1-5H3,(H,25,30). The van der Waals surface area contributed by atoms with E-state index in [1.807, 2.05) is 25.9 Å². The van der Waals surface area contributed by atoms with Crippen LogP contribution in [0.2, 0.25) is 5.02 Å². The highest BCUT2D eigenvalue weighted by atomic mass is 35.5.